The quantitative estimate of drug-likeness (QED) is 0.682. The van der Waals surface area contributed by atoms with Gasteiger partial charge in [0.2, 0.25) is 0 Å². The minimum atomic E-state index is -2.98. The first-order chi connectivity index (χ1) is 6.53. The first-order valence-electron chi connectivity index (χ1n) is 4.96. The molecule has 0 aromatic rings. The number of nitrogens with one attached hydrogen (secondary N) is 1. The lowest BCUT2D eigenvalue weighted by molar-refractivity contribution is -0.119. The highest BCUT2D eigenvalue weighted by Crippen LogP contribution is 2.10. The number of carbonyl (C=O) groups excluding carboxylic acids is 1. The van der Waals surface area contributed by atoms with Crippen molar-refractivity contribution >= 4 is 15.6 Å². The Kier molecular flexibility index (Phi) is 4.07. The fourth-order valence-electron chi connectivity index (χ4n) is 1.33. The van der Waals surface area contributed by atoms with Crippen LogP contribution in [0.25, 0.3) is 0 Å². The fraction of sp³-hybridized carbons (Fsp3) is 0.889. The fourth-order valence-corrected chi connectivity index (χ4v) is 2.16. The smallest absolute Gasteiger partial charge is 0.150 e. The van der Waals surface area contributed by atoms with Crippen LogP contribution in [0, 0.1) is 5.92 Å². The van der Waals surface area contributed by atoms with Gasteiger partial charge in [-0.25, -0.2) is 8.42 Å². The monoisotopic (exact) mass is 219 g/mol. The van der Waals surface area contributed by atoms with Crippen molar-refractivity contribution in [2.75, 3.05) is 24.6 Å². The summed E-state index contributed by atoms with van der Waals surface area (Å²) in [6.45, 7) is 3.40. The molecule has 1 N–H and O–H groups in total. The Balaban J connectivity index is 2.20. The summed E-state index contributed by atoms with van der Waals surface area (Å²) < 4.78 is 22.2. The van der Waals surface area contributed by atoms with Gasteiger partial charge in [0, 0.05) is 18.6 Å². The zero-order chi connectivity index (χ0) is 10.6. The molecule has 0 radical (unpaired) electrons. The first kappa shape index (κ1) is 11.7. The molecule has 0 bridgehead atoms. The van der Waals surface area contributed by atoms with Gasteiger partial charge in [-0.2, -0.15) is 0 Å². The molecule has 1 rings (SSSR count). The largest absolute Gasteiger partial charge is 0.316 e. The SMILES string of the molecule is CCS(=O)(=O)CCC(=O)CC1CNC1. The molecule has 14 heavy (non-hydrogen) atoms. The number of Topliss-reactive ketones (excluding diaryl/α,β-unsaturated/α-hetero) is 1. The third kappa shape index (κ3) is 3.75. The summed E-state index contributed by atoms with van der Waals surface area (Å²) in [4.78, 5) is 11.3. The van der Waals surface area contributed by atoms with Gasteiger partial charge in [0.15, 0.2) is 0 Å². The van der Waals surface area contributed by atoms with Crippen molar-refractivity contribution < 1.29 is 13.2 Å². The minimum Gasteiger partial charge on any atom is -0.316 e. The van der Waals surface area contributed by atoms with E-state index in [0.29, 0.717) is 12.3 Å². The Morgan fingerprint density at radius 1 is 1.43 bits per heavy atom. The Labute approximate surface area is 85.0 Å². The summed E-state index contributed by atoms with van der Waals surface area (Å²) in [6.07, 6.45) is 0.721. The highest BCUT2D eigenvalue weighted by Gasteiger charge is 2.20. The van der Waals surface area contributed by atoms with Gasteiger partial charge in [0.05, 0.1) is 5.75 Å². The molecule has 0 aromatic carbocycles. The van der Waals surface area contributed by atoms with E-state index in [1.807, 2.05) is 0 Å². The van der Waals surface area contributed by atoms with E-state index in [4.69, 9.17) is 0 Å². The summed E-state index contributed by atoms with van der Waals surface area (Å²) in [5.41, 5.74) is 0. The standard InChI is InChI=1S/C9H17NO3S/c1-2-14(12,13)4-3-9(11)5-8-6-10-7-8/h8,10H,2-7H2,1H3. The van der Waals surface area contributed by atoms with Crippen molar-refractivity contribution in [3.8, 4) is 0 Å². The average molecular weight is 219 g/mol. The van der Waals surface area contributed by atoms with Crippen molar-refractivity contribution in [2.45, 2.75) is 19.8 Å². The van der Waals surface area contributed by atoms with Crippen molar-refractivity contribution in [1.29, 1.82) is 0 Å². The van der Waals surface area contributed by atoms with Gasteiger partial charge < -0.3 is 5.32 Å². The van der Waals surface area contributed by atoms with Gasteiger partial charge in [-0.15, -0.1) is 0 Å². The van der Waals surface area contributed by atoms with Crippen molar-refractivity contribution in [2.24, 2.45) is 5.92 Å². The van der Waals surface area contributed by atoms with Crippen molar-refractivity contribution in [1.82, 2.24) is 5.32 Å². The van der Waals surface area contributed by atoms with E-state index < -0.39 is 9.84 Å². The number of ketones is 1. The zero-order valence-corrected chi connectivity index (χ0v) is 9.27. The van der Waals surface area contributed by atoms with E-state index in [2.05, 4.69) is 5.32 Å². The molecule has 1 saturated heterocycles. The van der Waals surface area contributed by atoms with Crippen LogP contribution in [0.1, 0.15) is 19.8 Å². The number of rotatable bonds is 6. The Morgan fingerprint density at radius 3 is 2.50 bits per heavy atom. The second-order valence-corrected chi connectivity index (χ2v) is 6.23. The van der Waals surface area contributed by atoms with Crippen LogP contribution in [0.2, 0.25) is 0 Å². The van der Waals surface area contributed by atoms with E-state index in [-0.39, 0.29) is 23.7 Å². The van der Waals surface area contributed by atoms with Gasteiger partial charge in [-0.1, -0.05) is 6.92 Å². The van der Waals surface area contributed by atoms with E-state index in [1.165, 1.54) is 0 Å². The predicted octanol–water partition coefficient (Wildman–Crippen LogP) is -0.0102. The van der Waals surface area contributed by atoms with E-state index >= 15 is 0 Å². The van der Waals surface area contributed by atoms with Gasteiger partial charge in [-0.05, 0) is 19.0 Å². The second kappa shape index (κ2) is 4.89. The Morgan fingerprint density at radius 2 is 2.07 bits per heavy atom. The van der Waals surface area contributed by atoms with Crippen LogP contribution >= 0.6 is 0 Å². The number of hydrogen-bond donors (Lipinski definition) is 1. The molecule has 1 aliphatic rings. The third-order valence-corrected chi connectivity index (χ3v) is 4.22. The Hall–Kier alpha value is -0.420. The maximum Gasteiger partial charge on any atom is 0.150 e. The van der Waals surface area contributed by atoms with Crippen LogP contribution in [0.3, 0.4) is 0 Å². The van der Waals surface area contributed by atoms with Crippen LogP contribution in [0.4, 0.5) is 0 Å². The normalized spacial score (nSPS) is 17.8. The number of carbonyl (C=O) groups is 1. The predicted molar refractivity (Wildman–Crippen MR) is 54.9 cm³/mol. The summed E-state index contributed by atoms with van der Waals surface area (Å²) in [5.74, 6) is 0.661. The molecular weight excluding hydrogens is 202 g/mol. The lowest BCUT2D eigenvalue weighted by Crippen LogP contribution is -2.43. The van der Waals surface area contributed by atoms with E-state index in [9.17, 15) is 13.2 Å². The molecule has 0 unspecified atom stereocenters. The van der Waals surface area contributed by atoms with Gasteiger partial charge >= 0.3 is 0 Å². The van der Waals surface area contributed by atoms with Gasteiger partial charge in [-0.3, -0.25) is 4.79 Å². The molecule has 0 spiro atoms. The third-order valence-electron chi connectivity index (χ3n) is 2.51. The molecule has 0 aromatic heterocycles. The maximum atomic E-state index is 11.3. The number of hydrogen-bond acceptors (Lipinski definition) is 4. The summed E-state index contributed by atoms with van der Waals surface area (Å²) in [7, 11) is -2.98. The minimum absolute atomic E-state index is 0.0164. The van der Waals surface area contributed by atoms with Crippen LogP contribution in [0.15, 0.2) is 0 Å². The molecule has 1 aliphatic heterocycles. The molecule has 1 heterocycles. The molecule has 82 valence electrons. The molecule has 4 nitrogen and oxygen atoms in total. The van der Waals surface area contributed by atoms with Crippen LogP contribution in [0.5, 0.6) is 0 Å². The van der Waals surface area contributed by atoms with E-state index in [1.54, 1.807) is 6.92 Å². The van der Waals surface area contributed by atoms with Gasteiger partial charge in [0.25, 0.3) is 0 Å². The molecular formula is C9H17NO3S. The highest BCUT2D eigenvalue weighted by atomic mass is 32.2. The Bertz CT molecular complexity index is 293. The lowest BCUT2D eigenvalue weighted by atomic mass is 9.96. The van der Waals surface area contributed by atoms with Crippen molar-refractivity contribution in [3.63, 3.8) is 0 Å². The molecule has 1 fully saturated rings. The van der Waals surface area contributed by atoms with Crippen LogP contribution in [-0.2, 0) is 14.6 Å². The average Bonchev–Trinajstić information content (AvgIpc) is 2.08. The van der Waals surface area contributed by atoms with E-state index in [0.717, 1.165) is 13.1 Å². The maximum absolute atomic E-state index is 11.3. The van der Waals surface area contributed by atoms with Crippen LogP contribution < -0.4 is 5.32 Å². The molecule has 5 heteroatoms. The van der Waals surface area contributed by atoms with Crippen LogP contribution in [-0.4, -0.2) is 38.8 Å². The summed E-state index contributed by atoms with van der Waals surface area (Å²) >= 11 is 0. The molecule has 0 saturated carbocycles. The highest BCUT2D eigenvalue weighted by molar-refractivity contribution is 7.91. The van der Waals surface area contributed by atoms with Gasteiger partial charge in [0.1, 0.15) is 15.6 Å². The topological polar surface area (TPSA) is 63.2 Å². The van der Waals surface area contributed by atoms with Crippen molar-refractivity contribution in [3.05, 3.63) is 0 Å². The molecule has 0 aliphatic carbocycles. The zero-order valence-electron chi connectivity index (χ0n) is 8.45. The lowest BCUT2D eigenvalue weighted by Gasteiger charge is -2.26. The summed E-state index contributed by atoms with van der Waals surface area (Å²) in [5, 5.41) is 3.08. The second-order valence-electron chi connectivity index (χ2n) is 3.75. The first-order valence-corrected chi connectivity index (χ1v) is 6.78. The number of sulfone groups is 1. The summed E-state index contributed by atoms with van der Waals surface area (Å²) in [6, 6.07) is 0. The molecule has 0 amide bonds. The molecule has 0 atom stereocenters.